The number of hydrogen-bond donors (Lipinski definition) is 1. The molecule has 1 N–H and O–H groups in total. The van der Waals surface area contributed by atoms with Crippen molar-refractivity contribution in [2.75, 3.05) is 31.5 Å². The van der Waals surface area contributed by atoms with Gasteiger partial charge in [0.2, 0.25) is 0 Å². The minimum absolute atomic E-state index is 0.988. The zero-order chi connectivity index (χ0) is 12.8. The average molecular weight is 311 g/mol. The fourth-order valence-corrected chi connectivity index (χ4v) is 2.63. The summed E-state index contributed by atoms with van der Waals surface area (Å²) in [4.78, 5) is 2.60. The lowest BCUT2D eigenvalue weighted by Gasteiger charge is -2.21. The Bertz CT molecular complexity index is 363. The first-order chi connectivity index (χ1) is 8.78. The van der Waals surface area contributed by atoms with Crippen LogP contribution in [0.5, 0.6) is 0 Å². The van der Waals surface area contributed by atoms with Crippen molar-refractivity contribution in [1.29, 1.82) is 0 Å². The molecular formula is C15H23BrN2. The first-order valence-corrected chi connectivity index (χ1v) is 7.79. The Morgan fingerprint density at radius 1 is 1.33 bits per heavy atom. The fourth-order valence-electron chi connectivity index (χ4n) is 2.23. The van der Waals surface area contributed by atoms with E-state index in [1.54, 1.807) is 0 Å². The molecule has 0 bridgehead atoms. The van der Waals surface area contributed by atoms with Gasteiger partial charge in [0.05, 0.1) is 0 Å². The summed E-state index contributed by atoms with van der Waals surface area (Å²) in [6.45, 7) is 6.98. The number of anilines is 1. The van der Waals surface area contributed by atoms with E-state index in [9.17, 15) is 0 Å². The number of halogens is 1. The smallest absolute Gasteiger partial charge is 0.0351 e. The molecule has 0 spiro atoms. The Balaban J connectivity index is 1.71. The lowest BCUT2D eigenvalue weighted by atomic mass is 10.3. The van der Waals surface area contributed by atoms with E-state index in [0.29, 0.717) is 0 Å². The highest BCUT2D eigenvalue weighted by molar-refractivity contribution is 9.10. The number of nitrogens with zero attached hydrogens (tertiary/aromatic N) is 1. The number of benzene rings is 1. The highest BCUT2D eigenvalue weighted by Crippen LogP contribution is 2.29. The van der Waals surface area contributed by atoms with Gasteiger partial charge in [-0.05, 0) is 49.9 Å². The van der Waals surface area contributed by atoms with Gasteiger partial charge in [-0.2, -0.15) is 0 Å². The zero-order valence-electron chi connectivity index (χ0n) is 11.2. The van der Waals surface area contributed by atoms with Gasteiger partial charge in [-0.15, -0.1) is 0 Å². The standard InChI is InChI=1S/C15H23BrN2/c1-2-9-18(12-13-6-7-13)10-8-17-15-5-3-4-14(16)11-15/h3-5,11,13,17H,2,6-10,12H2,1H3. The van der Waals surface area contributed by atoms with Crippen LogP contribution >= 0.6 is 15.9 Å². The van der Waals surface area contributed by atoms with Crippen molar-refractivity contribution in [2.45, 2.75) is 26.2 Å². The van der Waals surface area contributed by atoms with Crippen molar-refractivity contribution in [3.05, 3.63) is 28.7 Å². The van der Waals surface area contributed by atoms with Crippen LogP contribution in [0.4, 0.5) is 5.69 Å². The third-order valence-corrected chi connectivity index (χ3v) is 3.83. The Morgan fingerprint density at radius 3 is 2.83 bits per heavy atom. The van der Waals surface area contributed by atoms with Crippen LogP contribution in [-0.4, -0.2) is 31.1 Å². The van der Waals surface area contributed by atoms with Gasteiger partial charge >= 0.3 is 0 Å². The lowest BCUT2D eigenvalue weighted by molar-refractivity contribution is 0.273. The van der Waals surface area contributed by atoms with Crippen LogP contribution in [0.1, 0.15) is 26.2 Å². The largest absolute Gasteiger partial charge is 0.384 e. The van der Waals surface area contributed by atoms with Gasteiger partial charge < -0.3 is 10.2 Å². The molecule has 0 aliphatic heterocycles. The molecule has 3 heteroatoms. The van der Waals surface area contributed by atoms with Crippen LogP contribution in [0.15, 0.2) is 28.7 Å². The van der Waals surface area contributed by atoms with Crippen LogP contribution in [-0.2, 0) is 0 Å². The molecule has 18 heavy (non-hydrogen) atoms. The molecule has 0 amide bonds. The van der Waals surface area contributed by atoms with Gasteiger partial charge in [-0.25, -0.2) is 0 Å². The average Bonchev–Trinajstić information content (AvgIpc) is 3.13. The topological polar surface area (TPSA) is 15.3 Å². The second-order valence-electron chi connectivity index (χ2n) is 5.18. The van der Waals surface area contributed by atoms with Gasteiger partial charge in [0.1, 0.15) is 0 Å². The van der Waals surface area contributed by atoms with Crippen LogP contribution < -0.4 is 5.32 Å². The predicted molar refractivity (Wildman–Crippen MR) is 82.1 cm³/mol. The predicted octanol–water partition coefficient (Wildman–Crippen LogP) is 3.98. The molecule has 100 valence electrons. The normalized spacial score (nSPS) is 15.1. The Kier molecular flexibility index (Phi) is 5.51. The molecule has 0 saturated heterocycles. The molecule has 1 aliphatic rings. The summed E-state index contributed by atoms with van der Waals surface area (Å²) in [7, 11) is 0. The van der Waals surface area contributed by atoms with E-state index in [0.717, 1.165) is 23.5 Å². The first-order valence-electron chi connectivity index (χ1n) is 6.99. The van der Waals surface area contributed by atoms with Crippen LogP contribution in [0.3, 0.4) is 0 Å². The molecule has 1 saturated carbocycles. The SMILES string of the molecule is CCCN(CCNc1cccc(Br)c1)CC1CC1. The Labute approximate surface area is 119 Å². The summed E-state index contributed by atoms with van der Waals surface area (Å²) in [6.07, 6.45) is 4.14. The Morgan fingerprint density at radius 2 is 2.17 bits per heavy atom. The summed E-state index contributed by atoms with van der Waals surface area (Å²) in [6, 6.07) is 8.38. The van der Waals surface area contributed by atoms with Gasteiger partial charge in [-0.1, -0.05) is 28.9 Å². The van der Waals surface area contributed by atoms with Crippen LogP contribution in [0, 0.1) is 5.92 Å². The highest BCUT2D eigenvalue weighted by atomic mass is 79.9. The van der Waals surface area contributed by atoms with E-state index in [4.69, 9.17) is 0 Å². The van der Waals surface area contributed by atoms with E-state index >= 15 is 0 Å². The van der Waals surface area contributed by atoms with E-state index in [1.165, 1.54) is 38.0 Å². The van der Waals surface area contributed by atoms with Gasteiger partial charge in [0, 0.05) is 29.8 Å². The lowest BCUT2D eigenvalue weighted by Crippen LogP contribution is -2.31. The summed E-state index contributed by atoms with van der Waals surface area (Å²) < 4.78 is 1.14. The summed E-state index contributed by atoms with van der Waals surface area (Å²) in [5.41, 5.74) is 1.20. The van der Waals surface area contributed by atoms with Gasteiger partial charge in [0.15, 0.2) is 0 Å². The van der Waals surface area contributed by atoms with Crippen molar-refractivity contribution in [1.82, 2.24) is 4.90 Å². The van der Waals surface area contributed by atoms with E-state index in [2.05, 4.69) is 57.3 Å². The number of hydrogen-bond acceptors (Lipinski definition) is 2. The summed E-state index contributed by atoms with van der Waals surface area (Å²) in [5.74, 6) is 0.988. The molecule has 0 aromatic heterocycles. The molecule has 0 atom stereocenters. The zero-order valence-corrected chi connectivity index (χ0v) is 12.7. The maximum absolute atomic E-state index is 3.50. The maximum Gasteiger partial charge on any atom is 0.0351 e. The van der Waals surface area contributed by atoms with Crippen molar-refractivity contribution in [3.8, 4) is 0 Å². The molecule has 2 rings (SSSR count). The van der Waals surface area contributed by atoms with E-state index in [1.807, 2.05) is 0 Å². The monoisotopic (exact) mass is 310 g/mol. The fraction of sp³-hybridized carbons (Fsp3) is 0.600. The highest BCUT2D eigenvalue weighted by Gasteiger charge is 2.23. The molecule has 0 heterocycles. The second kappa shape index (κ2) is 7.15. The minimum atomic E-state index is 0.988. The first kappa shape index (κ1) is 13.9. The van der Waals surface area contributed by atoms with E-state index in [-0.39, 0.29) is 0 Å². The van der Waals surface area contributed by atoms with Gasteiger partial charge in [0.25, 0.3) is 0 Å². The molecule has 1 aromatic rings. The molecule has 2 nitrogen and oxygen atoms in total. The number of nitrogens with one attached hydrogen (secondary N) is 1. The molecule has 0 radical (unpaired) electrons. The molecule has 1 fully saturated rings. The van der Waals surface area contributed by atoms with Crippen LogP contribution in [0.25, 0.3) is 0 Å². The third kappa shape index (κ3) is 4.99. The second-order valence-corrected chi connectivity index (χ2v) is 6.10. The number of rotatable bonds is 8. The van der Waals surface area contributed by atoms with Crippen molar-refractivity contribution < 1.29 is 0 Å². The molecule has 1 aromatic carbocycles. The van der Waals surface area contributed by atoms with Crippen molar-refractivity contribution >= 4 is 21.6 Å². The third-order valence-electron chi connectivity index (χ3n) is 3.33. The summed E-state index contributed by atoms with van der Waals surface area (Å²) in [5, 5.41) is 3.50. The van der Waals surface area contributed by atoms with E-state index < -0.39 is 0 Å². The Hall–Kier alpha value is -0.540. The van der Waals surface area contributed by atoms with Crippen molar-refractivity contribution in [3.63, 3.8) is 0 Å². The quantitative estimate of drug-likeness (QED) is 0.781. The molecular weight excluding hydrogens is 288 g/mol. The van der Waals surface area contributed by atoms with Gasteiger partial charge in [-0.3, -0.25) is 0 Å². The maximum atomic E-state index is 3.50. The summed E-state index contributed by atoms with van der Waals surface area (Å²) >= 11 is 3.50. The molecule has 1 aliphatic carbocycles. The molecule has 0 unspecified atom stereocenters. The minimum Gasteiger partial charge on any atom is -0.384 e. The van der Waals surface area contributed by atoms with Crippen LogP contribution in [0.2, 0.25) is 0 Å². The van der Waals surface area contributed by atoms with Crippen molar-refractivity contribution in [2.24, 2.45) is 5.92 Å².